The molecule has 0 saturated heterocycles. The normalized spacial score (nSPS) is 14.9. The summed E-state index contributed by atoms with van der Waals surface area (Å²) in [5, 5.41) is 9.82. The summed E-state index contributed by atoms with van der Waals surface area (Å²) in [6.45, 7) is 1.63. The predicted octanol–water partition coefficient (Wildman–Crippen LogP) is 1.73. The lowest BCUT2D eigenvalue weighted by molar-refractivity contribution is 0.164. The molecule has 3 nitrogen and oxygen atoms in total. The molecule has 4 heteroatoms. The van der Waals surface area contributed by atoms with Crippen LogP contribution in [-0.2, 0) is 0 Å². The summed E-state index contributed by atoms with van der Waals surface area (Å²) in [6, 6.07) is 4.75. The summed E-state index contributed by atoms with van der Waals surface area (Å²) in [7, 11) is 1.57. The van der Waals surface area contributed by atoms with E-state index >= 15 is 0 Å². The highest BCUT2D eigenvalue weighted by Crippen LogP contribution is 2.27. The molecule has 0 aromatic heterocycles. The lowest BCUT2D eigenvalue weighted by atomic mass is 10.0. The van der Waals surface area contributed by atoms with E-state index in [-0.39, 0.29) is 0 Å². The molecule has 2 atom stereocenters. The van der Waals surface area contributed by atoms with Gasteiger partial charge in [0.15, 0.2) is 0 Å². The second-order valence-corrected chi connectivity index (χ2v) is 3.56. The van der Waals surface area contributed by atoms with Crippen LogP contribution in [0.1, 0.15) is 18.5 Å². The quantitative estimate of drug-likeness (QED) is 0.808. The van der Waals surface area contributed by atoms with Crippen molar-refractivity contribution in [3.63, 3.8) is 0 Å². The maximum absolute atomic E-state index is 9.31. The molecule has 0 aliphatic heterocycles. The predicted molar refractivity (Wildman–Crippen MR) is 56.6 cm³/mol. The zero-order chi connectivity index (χ0) is 10.7. The smallest absolute Gasteiger partial charge is 0.120 e. The lowest BCUT2D eigenvalue weighted by Gasteiger charge is -2.16. The van der Waals surface area contributed by atoms with Crippen molar-refractivity contribution in [3.8, 4) is 5.75 Å². The van der Waals surface area contributed by atoms with Gasteiger partial charge >= 0.3 is 0 Å². The summed E-state index contributed by atoms with van der Waals surface area (Å²) in [4.78, 5) is 0. The molecule has 1 aromatic rings. The van der Waals surface area contributed by atoms with Crippen molar-refractivity contribution < 1.29 is 9.84 Å². The molecule has 1 rings (SSSR count). The standard InChI is InChI=1S/C10H14ClNO2/c1-6(13)10(12)8-4-3-7(14-2)5-9(8)11/h3-6,10,13H,12H2,1-2H3/t6-,10+/m0/s1. The van der Waals surface area contributed by atoms with Gasteiger partial charge < -0.3 is 15.6 Å². The number of hydrogen-bond donors (Lipinski definition) is 2. The third-order valence-electron chi connectivity index (χ3n) is 2.09. The maximum atomic E-state index is 9.31. The summed E-state index contributed by atoms with van der Waals surface area (Å²) in [5.41, 5.74) is 6.48. The molecule has 0 bridgehead atoms. The van der Waals surface area contributed by atoms with Gasteiger partial charge in [-0.25, -0.2) is 0 Å². The van der Waals surface area contributed by atoms with Crippen molar-refractivity contribution >= 4 is 11.6 Å². The number of rotatable bonds is 3. The van der Waals surface area contributed by atoms with Crippen molar-refractivity contribution in [1.29, 1.82) is 0 Å². The summed E-state index contributed by atoms with van der Waals surface area (Å²) >= 11 is 5.98. The molecule has 1 aromatic carbocycles. The van der Waals surface area contributed by atoms with E-state index in [2.05, 4.69) is 0 Å². The maximum Gasteiger partial charge on any atom is 0.120 e. The third-order valence-corrected chi connectivity index (χ3v) is 2.41. The fourth-order valence-corrected chi connectivity index (χ4v) is 1.46. The second-order valence-electron chi connectivity index (χ2n) is 3.15. The molecule has 0 radical (unpaired) electrons. The zero-order valence-corrected chi connectivity index (χ0v) is 8.95. The van der Waals surface area contributed by atoms with Crippen LogP contribution in [0.25, 0.3) is 0 Å². The largest absolute Gasteiger partial charge is 0.497 e. The van der Waals surface area contributed by atoms with Crippen LogP contribution in [0.4, 0.5) is 0 Å². The van der Waals surface area contributed by atoms with Gasteiger partial charge in [-0.05, 0) is 24.6 Å². The minimum Gasteiger partial charge on any atom is -0.497 e. The van der Waals surface area contributed by atoms with Crippen LogP contribution < -0.4 is 10.5 Å². The van der Waals surface area contributed by atoms with E-state index in [4.69, 9.17) is 22.1 Å². The number of methoxy groups -OCH3 is 1. The minimum absolute atomic E-state index is 0.464. The van der Waals surface area contributed by atoms with Crippen molar-refractivity contribution in [2.24, 2.45) is 5.73 Å². The highest BCUT2D eigenvalue weighted by Gasteiger charge is 2.15. The van der Waals surface area contributed by atoms with Gasteiger partial charge in [-0.1, -0.05) is 17.7 Å². The van der Waals surface area contributed by atoms with E-state index in [9.17, 15) is 5.11 Å². The van der Waals surface area contributed by atoms with Gasteiger partial charge in [-0.15, -0.1) is 0 Å². The van der Waals surface area contributed by atoms with Gasteiger partial charge in [0.1, 0.15) is 5.75 Å². The molecule has 3 N–H and O–H groups in total. The van der Waals surface area contributed by atoms with E-state index in [1.165, 1.54) is 0 Å². The van der Waals surface area contributed by atoms with Crippen molar-refractivity contribution in [2.45, 2.75) is 19.1 Å². The number of benzene rings is 1. The summed E-state index contributed by atoms with van der Waals surface area (Å²) < 4.78 is 5.00. The van der Waals surface area contributed by atoms with Crippen LogP contribution in [-0.4, -0.2) is 18.3 Å². The van der Waals surface area contributed by atoms with Crippen LogP contribution in [0, 0.1) is 0 Å². The van der Waals surface area contributed by atoms with E-state index < -0.39 is 12.1 Å². The number of halogens is 1. The number of ether oxygens (including phenoxy) is 1. The van der Waals surface area contributed by atoms with Crippen molar-refractivity contribution in [2.75, 3.05) is 7.11 Å². The Labute approximate surface area is 88.4 Å². The fraction of sp³-hybridized carbons (Fsp3) is 0.400. The fourth-order valence-electron chi connectivity index (χ4n) is 1.17. The SMILES string of the molecule is COc1ccc([C@H](N)[C@H](C)O)c(Cl)c1. The lowest BCUT2D eigenvalue weighted by Crippen LogP contribution is -2.23. The average Bonchev–Trinajstić information content (AvgIpc) is 2.16. The Balaban J connectivity index is 2.99. The van der Waals surface area contributed by atoms with Crippen molar-refractivity contribution in [3.05, 3.63) is 28.8 Å². The molecule has 0 saturated carbocycles. The Morgan fingerprint density at radius 2 is 2.14 bits per heavy atom. The van der Waals surface area contributed by atoms with Gasteiger partial charge in [-0.2, -0.15) is 0 Å². The number of aliphatic hydroxyl groups excluding tert-OH is 1. The molecule has 78 valence electrons. The first-order valence-corrected chi connectivity index (χ1v) is 4.71. The number of aliphatic hydroxyl groups is 1. The van der Waals surface area contributed by atoms with E-state index in [1.54, 1.807) is 32.2 Å². The monoisotopic (exact) mass is 215 g/mol. The van der Waals surface area contributed by atoms with Crippen LogP contribution in [0.3, 0.4) is 0 Å². The average molecular weight is 216 g/mol. The van der Waals surface area contributed by atoms with Crippen molar-refractivity contribution in [1.82, 2.24) is 0 Å². The van der Waals surface area contributed by atoms with E-state index in [0.717, 1.165) is 5.56 Å². The van der Waals surface area contributed by atoms with Crippen LogP contribution >= 0.6 is 11.6 Å². The highest BCUT2D eigenvalue weighted by atomic mass is 35.5. The molecular weight excluding hydrogens is 202 g/mol. The Kier molecular flexibility index (Phi) is 3.75. The molecule has 14 heavy (non-hydrogen) atoms. The highest BCUT2D eigenvalue weighted by molar-refractivity contribution is 6.31. The number of nitrogens with two attached hydrogens (primary N) is 1. The van der Waals surface area contributed by atoms with Crippen LogP contribution in [0.5, 0.6) is 5.75 Å². The van der Waals surface area contributed by atoms with Gasteiger partial charge in [0.25, 0.3) is 0 Å². The van der Waals surface area contributed by atoms with Gasteiger partial charge in [0.2, 0.25) is 0 Å². The first-order valence-electron chi connectivity index (χ1n) is 4.33. The Morgan fingerprint density at radius 1 is 1.50 bits per heavy atom. The Hall–Kier alpha value is -0.770. The molecule has 0 amide bonds. The summed E-state index contributed by atoms with van der Waals surface area (Å²) in [6.07, 6.45) is -0.624. The molecule has 0 aliphatic carbocycles. The van der Waals surface area contributed by atoms with Gasteiger partial charge in [0, 0.05) is 5.02 Å². The molecule has 0 aliphatic rings. The van der Waals surface area contributed by atoms with Crippen LogP contribution in [0.2, 0.25) is 5.02 Å². The Morgan fingerprint density at radius 3 is 2.57 bits per heavy atom. The number of hydrogen-bond acceptors (Lipinski definition) is 3. The molecule has 0 fully saturated rings. The zero-order valence-electron chi connectivity index (χ0n) is 8.20. The summed E-state index contributed by atoms with van der Waals surface area (Å²) in [5.74, 6) is 0.677. The van der Waals surface area contributed by atoms with Gasteiger partial charge in [-0.3, -0.25) is 0 Å². The van der Waals surface area contributed by atoms with Crippen LogP contribution in [0.15, 0.2) is 18.2 Å². The third kappa shape index (κ3) is 2.38. The second kappa shape index (κ2) is 4.64. The first-order chi connectivity index (χ1) is 6.56. The van der Waals surface area contributed by atoms with Gasteiger partial charge in [0.05, 0.1) is 19.3 Å². The molecule has 0 unspecified atom stereocenters. The molecule has 0 spiro atoms. The molecule has 0 heterocycles. The Bertz CT molecular complexity index is 315. The molecular formula is C10H14ClNO2. The van der Waals surface area contributed by atoms with E-state index in [1.807, 2.05) is 0 Å². The topological polar surface area (TPSA) is 55.5 Å². The van der Waals surface area contributed by atoms with E-state index in [0.29, 0.717) is 10.8 Å². The first kappa shape index (κ1) is 11.3. The minimum atomic E-state index is -0.624.